The lowest BCUT2D eigenvalue weighted by Gasteiger charge is -2.29. The van der Waals surface area contributed by atoms with E-state index in [2.05, 4.69) is 22.6 Å². The Bertz CT molecular complexity index is 333. The quantitative estimate of drug-likeness (QED) is 0.672. The Hall–Kier alpha value is -1.30. The molecule has 2 aliphatic rings. The van der Waals surface area contributed by atoms with Gasteiger partial charge in [-0.25, -0.2) is 4.79 Å². The van der Waals surface area contributed by atoms with Crippen LogP contribution in [0.5, 0.6) is 0 Å². The van der Waals surface area contributed by atoms with Gasteiger partial charge >= 0.3 is 12.0 Å². The minimum Gasteiger partial charge on any atom is -0.481 e. The van der Waals surface area contributed by atoms with Crippen molar-refractivity contribution in [3.05, 3.63) is 0 Å². The maximum Gasteiger partial charge on any atom is 0.315 e. The fourth-order valence-corrected chi connectivity index (χ4v) is 2.26. The summed E-state index contributed by atoms with van der Waals surface area (Å²) in [6.45, 7) is 2.22. The summed E-state index contributed by atoms with van der Waals surface area (Å²) in [5.41, 5.74) is -0.690. The van der Waals surface area contributed by atoms with Crippen LogP contribution in [0.2, 0.25) is 0 Å². The van der Waals surface area contributed by atoms with Crippen LogP contribution in [-0.2, 0) is 4.79 Å². The van der Waals surface area contributed by atoms with E-state index in [1.165, 1.54) is 0 Å². The lowest BCUT2D eigenvalue weighted by atomic mass is 10.1. The Labute approximate surface area is 107 Å². The first-order valence-corrected chi connectivity index (χ1v) is 6.48. The van der Waals surface area contributed by atoms with Gasteiger partial charge in [0, 0.05) is 12.6 Å². The van der Waals surface area contributed by atoms with Gasteiger partial charge in [0.15, 0.2) is 0 Å². The van der Waals surface area contributed by atoms with Crippen molar-refractivity contribution in [3.8, 4) is 0 Å². The molecule has 3 N–H and O–H groups in total. The van der Waals surface area contributed by atoms with Gasteiger partial charge in [0.1, 0.15) is 0 Å². The number of rotatable bonds is 4. The number of aliphatic carboxylic acids is 1. The second-order valence-electron chi connectivity index (χ2n) is 5.49. The van der Waals surface area contributed by atoms with Crippen LogP contribution in [0.25, 0.3) is 0 Å². The Morgan fingerprint density at radius 1 is 1.33 bits per heavy atom. The van der Waals surface area contributed by atoms with E-state index in [0.717, 1.165) is 25.9 Å². The molecule has 0 atom stereocenters. The third-order valence-corrected chi connectivity index (χ3v) is 3.95. The molecule has 0 aromatic carbocycles. The van der Waals surface area contributed by atoms with Gasteiger partial charge in [-0.05, 0) is 45.8 Å². The molecule has 18 heavy (non-hydrogen) atoms. The number of nitrogens with zero attached hydrogens (tertiary/aromatic N) is 1. The highest BCUT2D eigenvalue weighted by molar-refractivity contribution is 5.80. The molecule has 0 bridgehead atoms. The van der Waals surface area contributed by atoms with E-state index >= 15 is 0 Å². The van der Waals surface area contributed by atoms with E-state index in [1.807, 2.05) is 0 Å². The first kappa shape index (κ1) is 13.1. The number of carbonyl (C=O) groups excluding carboxylic acids is 1. The van der Waals surface area contributed by atoms with Gasteiger partial charge < -0.3 is 20.6 Å². The van der Waals surface area contributed by atoms with Gasteiger partial charge in [0.25, 0.3) is 0 Å². The van der Waals surface area contributed by atoms with Crippen molar-refractivity contribution in [1.82, 2.24) is 15.5 Å². The van der Waals surface area contributed by atoms with Crippen LogP contribution < -0.4 is 10.6 Å². The van der Waals surface area contributed by atoms with Gasteiger partial charge in [-0.15, -0.1) is 0 Å². The summed E-state index contributed by atoms with van der Waals surface area (Å²) in [6.07, 6.45) is 3.23. The zero-order valence-corrected chi connectivity index (χ0v) is 10.7. The van der Waals surface area contributed by atoms with Crippen LogP contribution in [-0.4, -0.2) is 54.7 Å². The molecule has 1 saturated heterocycles. The van der Waals surface area contributed by atoms with E-state index < -0.39 is 11.4 Å². The Balaban J connectivity index is 1.68. The number of hydrogen-bond acceptors (Lipinski definition) is 3. The van der Waals surface area contributed by atoms with Crippen molar-refractivity contribution in [2.45, 2.75) is 31.7 Å². The zero-order chi connectivity index (χ0) is 13.2. The number of carboxylic acid groups (broad SMARTS) is 1. The van der Waals surface area contributed by atoms with Crippen molar-refractivity contribution in [2.75, 3.05) is 26.7 Å². The molecule has 0 aromatic rings. The summed E-state index contributed by atoms with van der Waals surface area (Å²) in [7, 11) is 2.07. The second kappa shape index (κ2) is 5.14. The average Bonchev–Trinajstić information content (AvgIpc) is 3.11. The molecule has 0 aromatic heterocycles. The minimum atomic E-state index is -0.804. The second-order valence-corrected chi connectivity index (χ2v) is 5.49. The third-order valence-electron chi connectivity index (χ3n) is 3.95. The molecule has 0 unspecified atom stereocenters. The van der Waals surface area contributed by atoms with Gasteiger partial charge in [-0.3, -0.25) is 4.79 Å². The number of piperidine rings is 1. The Morgan fingerprint density at radius 3 is 2.44 bits per heavy atom. The van der Waals surface area contributed by atoms with E-state index in [0.29, 0.717) is 12.8 Å². The summed E-state index contributed by atoms with van der Waals surface area (Å²) in [4.78, 5) is 24.8. The number of amides is 2. The molecule has 0 radical (unpaired) electrons. The zero-order valence-electron chi connectivity index (χ0n) is 10.7. The normalized spacial score (nSPS) is 23.4. The summed E-state index contributed by atoms with van der Waals surface area (Å²) < 4.78 is 0. The summed E-state index contributed by atoms with van der Waals surface area (Å²) in [6, 6.07) is -0.0294. The monoisotopic (exact) mass is 255 g/mol. The number of carboxylic acids is 1. The largest absolute Gasteiger partial charge is 0.481 e. The summed E-state index contributed by atoms with van der Waals surface area (Å²) in [5.74, 6) is -0.804. The average molecular weight is 255 g/mol. The molecule has 1 saturated carbocycles. The van der Waals surface area contributed by atoms with Crippen LogP contribution in [0.1, 0.15) is 25.7 Å². The number of urea groups is 1. The van der Waals surface area contributed by atoms with Crippen LogP contribution in [0.3, 0.4) is 0 Å². The molecule has 1 aliphatic heterocycles. The molecular formula is C12H21N3O3. The maximum atomic E-state index is 11.7. The molecule has 6 heteroatoms. The highest BCUT2D eigenvalue weighted by Gasteiger charge is 2.50. The molecule has 6 nitrogen and oxygen atoms in total. The standard InChI is InChI=1S/C12H21N3O3/c1-15-6-2-9(3-7-15)14-11(18)13-8-12(4-5-12)10(16)17/h9H,2-8H2,1H3,(H,16,17)(H2,13,14,18). The fourth-order valence-electron chi connectivity index (χ4n) is 2.26. The highest BCUT2D eigenvalue weighted by Crippen LogP contribution is 2.45. The minimum absolute atomic E-state index is 0.209. The van der Waals surface area contributed by atoms with Crippen LogP contribution in [0, 0.1) is 5.41 Å². The van der Waals surface area contributed by atoms with E-state index in [1.54, 1.807) is 0 Å². The molecule has 1 aliphatic carbocycles. The van der Waals surface area contributed by atoms with Gasteiger partial charge in [0.2, 0.25) is 0 Å². The molecule has 2 amide bonds. The number of hydrogen-bond donors (Lipinski definition) is 3. The van der Waals surface area contributed by atoms with E-state index in [9.17, 15) is 9.59 Å². The summed E-state index contributed by atoms with van der Waals surface area (Å²) in [5, 5.41) is 14.6. The van der Waals surface area contributed by atoms with Gasteiger partial charge in [-0.1, -0.05) is 0 Å². The van der Waals surface area contributed by atoms with E-state index in [4.69, 9.17) is 5.11 Å². The molecule has 0 spiro atoms. The van der Waals surface area contributed by atoms with Crippen LogP contribution in [0.4, 0.5) is 4.79 Å². The van der Waals surface area contributed by atoms with E-state index in [-0.39, 0.29) is 18.6 Å². The Morgan fingerprint density at radius 2 is 1.94 bits per heavy atom. The first-order chi connectivity index (χ1) is 8.52. The molecule has 1 heterocycles. The first-order valence-electron chi connectivity index (χ1n) is 6.48. The Kier molecular flexibility index (Phi) is 3.75. The van der Waals surface area contributed by atoms with Crippen LogP contribution >= 0.6 is 0 Å². The van der Waals surface area contributed by atoms with Crippen molar-refractivity contribution in [3.63, 3.8) is 0 Å². The number of nitrogens with one attached hydrogen (secondary N) is 2. The number of likely N-dealkylation sites (tertiary alicyclic amines) is 1. The van der Waals surface area contributed by atoms with Crippen molar-refractivity contribution < 1.29 is 14.7 Å². The van der Waals surface area contributed by atoms with Gasteiger partial charge in [-0.2, -0.15) is 0 Å². The summed E-state index contributed by atoms with van der Waals surface area (Å²) >= 11 is 0. The highest BCUT2D eigenvalue weighted by atomic mass is 16.4. The lowest BCUT2D eigenvalue weighted by Crippen LogP contribution is -2.48. The molecule has 2 fully saturated rings. The molecule has 102 valence electrons. The molecule has 2 rings (SSSR count). The maximum absolute atomic E-state index is 11.7. The van der Waals surface area contributed by atoms with Crippen molar-refractivity contribution in [1.29, 1.82) is 0 Å². The lowest BCUT2D eigenvalue weighted by molar-refractivity contribution is -0.143. The third kappa shape index (κ3) is 3.13. The predicted octanol–water partition coefficient (Wildman–Crippen LogP) is 0.245. The SMILES string of the molecule is CN1CCC(NC(=O)NCC2(C(=O)O)CC2)CC1. The predicted molar refractivity (Wildman–Crippen MR) is 66.4 cm³/mol. The van der Waals surface area contributed by atoms with Crippen LogP contribution in [0.15, 0.2) is 0 Å². The molecular weight excluding hydrogens is 234 g/mol. The van der Waals surface area contributed by atoms with Crippen molar-refractivity contribution in [2.24, 2.45) is 5.41 Å². The smallest absolute Gasteiger partial charge is 0.315 e. The fraction of sp³-hybridized carbons (Fsp3) is 0.833. The van der Waals surface area contributed by atoms with Crippen molar-refractivity contribution >= 4 is 12.0 Å². The van der Waals surface area contributed by atoms with Gasteiger partial charge in [0.05, 0.1) is 5.41 Å². The topological polar surface area (TPSA) is 81.7 Å². The number of carbonyl (C=O) groups is 2.